The normalized spacial score (nSPS) is 9.87. The number of unbranched alkanes of at least 4 members (excludes halogenated alkanes) is 1. The van der Waals surface area contributed by atoms with E-state index < -0.39 is 6.09 Å². The zero-order chi connectivity index (χ0) is 17.2. The Morgan fingerprint density at radius 2 is 2.00 bits per heavy atom. The second kappa shape index (κ2) is 10.1. The molecular weight excluding hydrogens is 334 g/mol. The molecule has 23 heavy (non-hydrogen) atoms. The molecule has 0 aromatic heterocycles. The number of carbonyl (C=O) groups excluding carboxylic acids is 2. The first-order valence-electron chi connectivity index (χ1n) is 7.16. The fourth-order valence-electron chi connectivity index (χ4n) is 1.65. The van der Waals surface area contributed by atoms with Crippen LogP contribution in [0.5, 0.6) is 0 Å². The lowest BCUT2D eigenvalue weighted by Gasteiger charge is -2.14. The van der Waals surface area contributed by atoms with Gasteiger partial charge in [0.25, 0.3) is 0 Å². The van der Waals surface area contributed by atoms with Crippen molar-refractivity contribution in [2.24, 2.45) is 0 Å². The summed E-state index contributed by atoms with van der Waals surface area (Å²) in [5, 5.41) is 8.08. The van der Waals surface area contributed by atoms with E-state index in [-0.39, 0.29) is 11.0 Å². The molecule has 0 spiro atoms. The summed E-state index contributed by atoms with van der Waals surface area (Å²) in [7, 11) is 1.25. The molecule has 0 aliphatic heterocycles. The molecule has 0 aliphatic rings. The summed E-state index contributed by atoms with van der Waals surface area (Å²) in [4.78, 5) is 23.6. The maximum atomic E-state index is 11.4. The van der Waals surface area contributed by atoms with Crippen LogP contribution in [-0.2, 0) is 9.53 Å². The molecule has 1 rings (SSSR count). The first-order valence-corrected chi connectivity index (χ1v) is 8.56. The summed E-state index contributed by atoms with van der Waals surface area (Å²) >= 11 is 6.76. The molecule has 0 aliphatic carbocycles. The third kappa shape index (κ3) is 7.34. The smallest absolute Gasteiger partial charge is 0.413 e. The highest BCUT2D eigenvalue weighted by molar-refractivity contribution is 7.99. The second-order valence-corrected chi connectivity index (χ2v) is 6.24. The Kier molecular flexibility index (Phi) is 8.42. The number of hydrogen-bond acceptors (Lipinski definition) is 5. The van der Waals surface area contributed by atoms with Gasteiger partial charge in [-0.3, -0.25) is 10.1 Å². The number of nitrogens with one attached hydrogen (secondary N) is 3. The maximum Gasteiger partial charge on any atom is 0.413 e. The molecule has 0 radical (unpaired) electrons. The van der Waals surface area contributed by atoms with Crippen molar-refractivity contribution in [3.05, 3.63) is 18.2 Å². The second-order valence-electron chi connectivity index (χ2n) is 4.66. The van der Waals surface area contributed by atoms with E-state index in [0.717, 1.165) is 23.5 Å². The third-order valence-corrected chi connectivity index (χ3v) is 4.00. The van der Waals surface area contributed by atoms with E-state index in [1.807, 2.05) is 18.2 Å². The summed E-state index contributed by atoms with van der Waals surface area (Å²) in [6, 6.07) is 5.63. The van der Waals surface area contributed by atoms with Crippen molar-refractivity contribution in [3.8, 4) is 0 Å². The SMILES string of the molecule is CCCCSc1ccc(NC(=S)NC(=O)OC)c(NC(C)=O)c1. The predicted octanol–water partition coefficient (Wildman–Crippen LogP) is 3.59. The standard InChI is InChI=1S/C15H21N3O3S2/c1-4-5-8-23-11-6-7-12(13(9-11)16-10(2)19)17-14(22)18-15(20)21-3/h6-7,9H,4-5,8H2,1-3H3,(H,16,19)(H2,17,18,20,22). The van der Waals surface area contributed by atoms with Crippen LogP contribution in [-0.4, -0.2) is 30.0 Å². The van der Waals surface area contributed by atoms with E-state index >= 15 is 0 Å². The number of alkyl carbamates (subject to hydrolysis) is 1. The highest BCUT2D eigenvalue weighted by Crippen LogP contribution is 2.29. The van der Waals surface area contributed by atoms with Gasteiger partial charge in [0, 0.05) is 11.8 Å². The predicted molar refractivity (Wildman–Crippen MR) is 98.1 cm³/mol. The Labute approximate surface area is 145 Å². The van der Waals surface area contributed by atoms with Gasteiger partial charge in [-0.1, -0.05) is 13.3 Å². The molecule has 8 heteroatoms. The molecule has 0 bridgehead atoms. The molecular formula is C15H21N3O3S2. The number of ether oxygens (including phenoxy) is 1. The van der Waals surface area contributed by atoms with E-state index in [1.54, 1.807) is 11.8 Å². The van der Waals surface area contributed by atoms with Crippen molar-refractivity contribution in [1.82, 2.24) is 5.32 Å². The van der Waals surface area contributed by atoms with Crippen molar-refractivity contribution < 1.29 is 14.3 Å². The highest BCUT2D eigenvalue weighted by Gasteiger charge is 2.09. The number of carbonyl (C=O) groups is 2. The molecule has 126 valence electrons. The van der Waals surface area contributed by atoms with Gasteiger partial charge in [-0.15, -0.1) is 11.8 Å². The number of hydrogen-bond donors (Lipinski definition) is 3. The quantitative estimate of drug-likeness (QED) is 0.411. The number of thiocarbonyl (C=S) groups is 1. The van der Waals surface area contributed by atoms with Gasteiger partial charge in [0.2, 0.25) is 5.91 Å². The summed E-state index contributed by atoms with van der Waals surface area (Å²) in [5.74, 6) is 0.834. The fraction of sp³-hybridized carbons (Fsp3) is 0.400. The van der Waals surface area contributed by atoms with E-state index in [4.69, 9.17) is 12.2 Å². The monoisotopic (exact) mass is 355 g/mol. The van der Waals surface area contributed by atoms with E-state index in [9.17, 15) is 9.59 Å². The van der Waals surface area contributed by atoms with Crippen LogP contribution in [0.3, 0.4) is 0 Å². The molecule has 0 heterocycles. The zero-order valence-electron chi connectivity index (χ0n) is 13.4. The number of rotatable bonds is 6. The van der Waals surface area contributed by atoms with Gasteiger partial charge in [-0.25, -0.2) is 4.79 Å². The average molecular weight is 355 g/mol. The van der Waals surface area contributed by atoms with Gasteiger partial charge >= 0.3 is 6.09 Å². The minimum absolute atomic E-state index is 0.0924. The number of benzene rings is 1. The molecule has 2 amide bonds. The lowest BCUT2D eigenvalue weighted by atomic mass is 10.2. The first kappa shape index (κ1) is 19.2. The van der Waals surface area contributed by atoms with Gasteiger partial charge in [0.15, 0.2) is 5.11 Å². The molecule has 3 N–H and O–H groups in total. The lowest BCUT2D eigenvalue weighted by Crippen LogP contribution is -2.34. The van der Waals surface area contributed by atoms with Gasteiger partial charge < -0.3 is 15.4 Å². The van der Waals surface area contributed by atoms with Crippen molar-refractivity contribution in [3.63, 3.8) is 0 Å². The molecule has 6 nitrogen and oxygen atoms in total. The summed E-state index contributed by atoms with van der Waals surface area (Å²) in [5.41, 5.74) is 1.20. The van der Waals surface area contributed by atoms with Crippen LogP contribution < -0.4 is 16.0 Å². The number of anilines is 2. The highest BCUT2D eigenvalue weighted by atomic mass is 32.2. The van der Waals surface area contributed by atoms with E-state index in [1.165, 1.54) is 14.0 Å². The molecule has 0 saturated heterocycles. The largest absolute Gasteiger partial charge is 0.453 e. The zero-order valence-corrected chi connectivity index (χ0v) is 15.0. The topological polar surface area (TPSA) is 79.5 Å². The van der Waals surface area contributed by atoms with Gasteiger partial charge in [-0.2, -0.15) is 0 Å². The van der Waals surface area contributed by atoms with Crippen LogP contribution in [0.1, 0.15) is 26.7 Å². The van der Waals surface area contributed by atoms with Crippen LogP contribution in [0.2, 0.25) is 0 Å². The van der Waals surface area contributed by atoms with Crippen LogP contribution in [0.4, 0.5) is 16.2 Å². The number of amides is 2. The van der Waals surface area contributed by atoms with Crippen molar-refractivity contribution >= 4 is 52.5 Å². The molecule has 1 aromatic carbocycles. The molecule has 0 unspecified atom stereocenters. The van der Waals surface area contributed by atoms with E-state index in [0.29, 0.717) is 11.4 Å². The number of thioether (sulfide) groups is 1. The fourth-order valence-corrected chi connectivity index (χ4v) is 2.87. The van der Waals surface area contributed by atoms with Crippen LogP contribution in [0.15, 0.2) is 23.1 Å². The summed E-state index contributed by atoms with van der Waals surface area (Å²) in [6.45, 7) is 3.58. The summed E-state index contributed by atoms with van der Waals surface area (Å²) < 4.78 is 4.48. The van der Waals surface area contributed by atoms with Crippen molar-refractivity contribution in [2.75, 3.05) is 23.5 Å². The van der Waals surface area contributed by atoms with Crippen LogP contribution >= 0.6 is 24.0 Å². The molecule has 0 fully saturated rings. The Morgan fingerprint density at radius 1 is 1.26 bits per heavy atom. The third-order valence-electron chi connectivity index (χ3n) is 2.72. The first-order chi connectivity index (χ1) is 11.0. The Morgan fingerprint density at radius 3 is 2.61 bits per heavy atom. The Balaban J connectivity index is 2.85. The maximum absolute atomic E-state index is 11.4. The van der Waals surface area contributed by atoms with Crippen LogP contribution in [0.25, 0.3) is 0 Å². The van der Waals surface area contributed by atoms with Crippen LogP contribution in [0, 0.1) is 0 Å². The summed E-state index contributed by atoms with van der Waals surface area (Å²) in [6.07, 6.45) is 1.61. The number of methoxy groups -OCH3 is 1. The Hall–Kier alpha value is -1.80. The van der Waals surface area contributed by atoms with Crippen molar-refractivity contribution in [1.29, 1.82) is 0 Å². The van der Waals surface area contributed by atoms with E-state index in [2.05, 4.69) is 27.6 Å². The molecule has 1 aromatic rings. The minimum Gasteiger partial charge on any atom is -0.453 e. The van der Waals surface area contributed by atoms with Crippen molar-refractivity contribution in [2.45, 2.75) is 31.6 Å². The van der Waals surface area contributed by atoms with Gasteiger partial charge in [0.1, 0.15) is 0 Å². The van der Waals surface area contributed by atoms with Gasteiger partial charge in [0.05, 0.1) is 18.5 Å². The molecule has 0 atom stereocenters. The van der Waals surface area contributed by atoms with Gasteiger partial charge in [-0.05, 0) is 42.6 Å². The molecule has 0 saturated carbocycles. The lowest BCUT2D eigenvalue weighted by molar-refractivity contribution is -0.114. The average Bonchev–Trinajstić information content (AvgIpc) is 2.49. The minimum atomic E-state index is -0.657. The Bertz CT molecular complexity index is 579.